The molecular weight excluding hydrogens is 361 g/mol. The van der Waals surface area contributed by atoms with Crippen LogP contribution in [0.3, 0.4) is 0 Å². The number of thiazole rings is 1. The maximum absolute atomic E-state index is 14.0. The van der Waals surface area contributed by atoms with Gasteiger partial charge in [-0.05, 0) is 24.7 Å². The molecule has 0 aliphatic heterocycles. The third-order valence-corrected chi connectivity index (χ3v) is 5.25. The predicted molar refractivity (Wildman–Crippen MR) is 107 cm³/mol. The summed E-state index contributed by atoms with van der Waals surface area (Å²) in [6, 6.07) is 15.3. The summed E-state index contributed by atoms with van der Waals surface area (Å²) in [5, 5.41) is 2.04. The van der Waals surface area contributed by atoms with E-state index in [2.05, 4.69) is 27.6 Å². The molecule has 0 aliphatic carbocycles. The van der Waals surface area contributed by atoms with Crippen molar-refractivity contribution in [2.24, 2.45) is 0 Å². The van der Waals surface area contributed by atoms with Crippen LogP contribution in [0, 0.1) is 5.82 Å². The molecular formula is C21H20FN3OS. The fraction of sp³-hybridized carbons (Fsp3) is 0.190. The summed E-state index contributed by atoms with van der Waals surface area (Å²) in [5.74, 6) is -0.0681. The summed E-state index contributed by atoms with van der Waals surface area (Å²) in [6.07, 6.45) is 2.05. The van der Waals surface area contributed by atoms with Crippen molar-refractivity contribution in [3.05, 3.63) is 77.2 Å². The fourth-order valence-corrected chi connectivity index (χ4v) is 3.98. The molecule has 2 aromatic heterocycles. The fourth-order valence-electron chi connectivity index (χ4n) is 3.24. The van der Waals surface area contributed by atoms with E-state index < -0.39 is 0 Å². The Morgan fingerprint density at radius 1 is 1.15 bits per heavy atom. The first-order valence-electron chi connectivity index (χ1n) is 8.66. The SMILES string of the molecule is COc1ccc(CN(C)Cc2c(-c3ccccc3)nc3sccn23)cc1F. The first kappa shape index (κ1) is 17.7. The van der Waals surface area contributed by atoms with Gasteiger partial charge in [0.05, 0.1) is 18.5 Å². The molecule has 4 nitrogen and oxygen atoms in total. The molecule has 0 radical (unpaired) electrons. The van der Waals surface area contributed by atoms with Crippen LogP contribution < -0.4 is 4.74 Å². The molecule has 4 aromatic rings. The Hall–Kier alpha value is -2.70. The lowest BCUT2D eigenvalue weighted by molar-refractivity contribution is 0.313. The normalized spacial score (nSPS) is 11.4. The van der Waals surface area contributed by atoms with Crippen molar-refractivity contribution < 1.29 is 9.13 Å². The highest BCUT2D eigenvalue weighted by molar-refractivity contribution is 7.15. The van der Waals surface area contributed by atoms with Gasteiger partial charge in [-0.1, -0.05) is 36.4 Å². The van der Waals surface area contributed by atoms with Crippen molar-refractivity contribution in [1.29, 1.82) is 0 Å². The minimum Gasteiger partial charge on any atom is -0.494 e. The van der Waals surface area contributed by atoms with E-state index in [-0.39, 0.29) is 11.6 Å². The molecule has 2 aromatic carbocycles. The zero-order valence-electron chi connectivity index (χ0n) is 15.2. The lowest BCUT2D eigenvalue weighted by atomic mass is 10.1. The maximum atomic E-state index is 14.0. The second-order valence-electron chi connectivity index (χ2n) is 6.47. The number of aromatic nitrogens is 2. The molecule has 138 valence electrons. The van der Waals surface area contributed by atoms with E-state index in [0.717, 1.165) is 27.5 Å². The number of benzene rings is 2. The number of halogens is 1. The number of nitrogens with zero attached hydrogens (tertiary/aromatic N) is 3. The van der Waals surface area contributed by atoms with E-state index in [4.69, 9.17) is 9.72 Å². The summed E-state index contributed by atoms with van der Waals surface area (Å²) in [6.45, 7) is 1.34. The Morgan fingerprint density at radius 2 is 1.96 bits per heavy atom. The monoisotopic (exact) mass is 381 g/mol. The largest absolute Gasteiger partial charge is 0.494 e. The van der Waals surface area contributed by atoms with E-state index in [1.165, 1.54) is 13.2 Å². The number of methoxy groups -OCH3 is 1. The van der Waals surface area contributed by atoms with Crippen LogP contribution in [0.15, 0.2) is 60.1 Å². The van der Waals surface area contributed by atoms with Crippen LogP contribution in [-0.2, 0) is 13.1 Å². The Labute approximate surface area is 161 Å². The van der Waals surface area contributed by atoms with E-state index >= 15 is 0 Å². The highest BCUT2D eigenvalue weighted by atomic mass is 32.1. The molecule has 0 saturated carbocycles. The van der Waals surface area contributed by atoms with E-state index in [0.29, 0.717) is 13.1 Å². The molecule has 4 rings (SSSR count). The Bertz CT molecular complexity index is 1060. The van der Waals surface area contributed by atoms with Crippen molar-refractivity contribution in [1.82, 2.24) is 14.3 Å². The summed E-state index contributed by atoms with van der Waals surface area (Å²) in [5.41, 5.74) is 4.14. The van der Waals surface area contributed by atoms with Crippen molar-refractivity contribution in [2.45, 2.75) is 13.1 Å². The average molecular weight is 381 g/mol. The molecule has 0 fully saturated rings. The first-order valence-corrected chi connectivity index (χ1v) is 9.54. The third-order valence-electron chi connectivity index (χ3n) is 4.50. The van der Waals surface area contributed by atoms with Gasteiger partial charge in [0.1, 0.15) is 0 Å². The summed E-state index contributed by atoms with van der Waals surface area (Å²) >= 11 is 1.62. The number of rotatable bonds is 6. The Balaban J connectivity index is 1.61. The lowest BCUT2D eigenvalue weighted by Crippen LogP contribution is -2.18. The summed E-state index contributed by atoms with van der Waals surface area (Å²) in [7, 11) is 3.50. The highest BCUT2D eigenvalue weighted by Gasteiger charge is 2.16. The molecule has 0 atom stereocenters. The van der Waals surface area contributed by atoms with Crippen molar-refractivity contribution in [3.63, 3.8) is 0 Å². The van der Waals surface area contributed by atoms with Gasteiger partial charge in [0.2, 0.25) is 0 Å². The number of imidazole rings is 1. The van der Waals surface area contributed by atoms with Gasteiger partial charge in [-0.25, -0.2) is 9.37 Å². The minimum atomic E-state index is -0.335. The van der Waals surface area contributed by atoms with Crippen LogP contribution >= 0.6 is 11.3 Å². The van der Waals surface area contributed by atoms with E-state index in [9.17, 15) is 4.39 Å². The standard InChI is InChI=1S/C21H20FN3OS/c1-24(13-15-8-9-19(26-2)17(22)12-15)14-18-20(16-6-4-3-5-7-16)23-21-25(18)10-11-27-21/h3-12H,13-14H2,1-2H3. The van der Waals surface area contributed by atoms with Gasteiger partial charge in [0.25, 0.3) is 0 Å². The lowest BCUT2D eigenvalue weighted by Gasteiger charge is -2.18. The minimum absolute atomic E-state index is 0.267. The number of hydrogen-bond acceptors (Lipinski definition) is 4. The molecule has 0 saturated heterocycles. The van der Waals surface area contributed by atoms with Gasteiger partial charge in [0.15, 0.2) is 16.5 Å². The number of fused-ring (bicyclic) bond motifs is 1. The zero-order chi connectivity index (χ0) is 18.8. The van der Waals surface area contributed by atoms with Gasteiger partial charge < -0.3 is 4.74 Å². The molecule has 0 N–H and O–H groups in total. The van der Waals surface area contributed by atoms with Gasteiger partial charge in [-0.3, -0.25) is 9.30 Å². The van der Waals surface area contributed by atoms with Crippen LogP contribution in [0.1, 0.15) is 11.3 Å². The third kappa shape index (κ3) is 3.59. The second kappa shape index (κ2) is 7.50. The highest BCUT2D eigenvalue weighted by Crippen LogP contribution is 2.28. The predicted octanol–water partition coefficient (Wildman–Crippen LogP) is 4.84. The maximum Gasteiger partial charge on any atom is 0.194 e. The van der Waals surface area contributed by atoms with E-state index in [1.54, 1.807) is 17.4 Å². The number of ether oxygens (including phenoxy) is 1. The zero-order valence-corrected chi connectivity index (χ0v) is 16.0. The van der Waals surface area contributed by atoms with E-state index in [1.807, 2.05) is 36.7 Å². The van der Waals surface area contributed by atoms with Crippen molar-refractivity contribution in [2.75, 3.05) is 14.2 Å². The first-order chi connectivity index (χ1) is 13.2. The molecule has 0 amide bonds. The topological polar surface area (TPSA) is 29.8 Å². The van der Waals surface area contributed by atoms with Gasteiger partial charge in [0, 0.05) is 30.2 Å². The number of hydrogen-bond donors (Lipinski definition) is 0. The van der Waals surface area contributed by atoms with Crippen molar-refractivity contribution in [3.8, 4) is 17.0 Å². The average Bonchev–Trinajstić information content (AvgIpc) is 3.25. The Morgan fingerprint density at radius 3 is 2.70 bits per heavy atom. The molecule has 0 spiro atoms. The molecule has 0 aliphatic rings. The smallest absolute Gasteiger partial charge is 0.194 e. The van der Waals surface area contributed by atoms with Gasteiger partial charge in [-0.15, -0.1) is 11.3 Å². The van der Waals surface area contributed by atoms with Crippen LogP contribution in [0.2, 0.25) is 0 Å². The van der Waals surface area contributed by atoms with Crippen LogP contribution in [0.4, 0.5) is 4.39 Å². The van der Waals surface area contributed by atoms with Gasteiger partial charge >= 0.3 is 0 Å². The van der Waals surface area contributed by atoms with Gasteiger partial charge in [-0.2, -0.15) is 0 Å². The van der Waals surface area contributed by atoms with Crippen LogP contribution in [-0.4, -0.2) is 28.4 Å². The van der Waals surface area contributed by atoms with Crippen molar-refractivity contribution >= 4 is 16.3 Å². The van der Waals surface area contributed by atoms with Crippen LogP contribution in [0.5, 0.6) is 5.75 Å². The second-order valence-corrected chi connectivity index (χ2v) is 7.34. The summed E-state index contributed by atoms with van der Waals surface area (Å²) < 4.78 is 21.1. The summed E-state index contributed by atoms with van der Waals surface area (Å²) in [4.78, 5) is 7.96. The molecule has 2 heterocycles. The molecule has 0 bridgehead atoms. The molecule has 6 heteroatoms. The Kier molecular flexibility index (Phi) is 4.92. The van der Waals surface area contributed by atoms with Crippen LogP contribution in [0.25, 0.3) is 16.2 Å². The molecule has 0 unspecified atom stereocenters. The quantitative estimate of drug-likeness (QED) is 0.479. The molecule has 27 heavy (non-hydrogen) atoms.